The maximum Gasteiger partial charge on any atom is 0.225 e. The maximum atomic E-state index is 12.2. The third-order valence-corrected chi connectivity index (χ3v) is 5.59. The molecule has 23 heavy (non-hydrogen) atoms. The van der Waals surface area contributed by atoms with Gasteiger partial charge in [0.25, 0.3) is 0 Å². The van der Waals surface area contributed by atoms with Crippen LogP contribution in [0, 0.1) is 5.92 Å². The van der Waals surface area contributed by atoms with E-state index in [9.17, 15) is 4.79 Å². The van der Waals surface area contributed by atoms with E-state index in [4.69, 9.17) is 23.2 Å². The average molecular weight is 378 g/mol. The lowest BCUT2D eigenvalue weighted by atomic mass is 9.92. The Morgan fingerprint density at radius 3 is 2.61 bits per heavy atom. The summed E-state index contributed by atoms with van der Waals surface area (Å²) in [7, 11) is 0. The zero-order valence-corrected chi connectivity index (χ0v) is 15.4. The van der Waals surface area contributed by atoms with Crippen molar-refractivity contribution in [2.24, 2.45) is 5.92 Å². The van der Waals surface area contributed by atoms with Gasteiger partial charge in [-0.1, -0.05) is 35.7 Å². The molecule has 1 amide bonds. The van der Waals surface area contributed by atoms with Crippen LogP contribution in [0.5, 0.6) is 0 Å². The molecule has 6 heteroatoms. The smallest absolute Gasteiger partial charge is 0.225 e. The summed E-state index contributed by atoms with van der Waals surface area (Å²) < 4.78 is 0. The van der Waals surface area contributed by atoms with E-state index in [-0.39, 0.29) is 18.3 Å². The van der Waals surface area contributed by atoms with Crippen LogP contribution in [-0.4, -0.2) is 29.9 Å². The highest BCUT2D eigenvalue weighted by Crippen LogP contribution is 2.36. The highest BCUT2D eigenvalue weighted by molar-refractivity contribution is 6.39. The van der Waals surface area contributed by atoms with Crippen LogP contribution in [0.4, 0.5) is 5.69 Å². The number of hydrogen-bond donors (Lipinski definition) is 1. The highest BCUT2D eigenvalue weighted by atomic mass is 35.5. The first-order valence-electron chi connectivity index (χ1n) is 8.13. The summed E-state index contributed by atoms with van der Waals surface area (Å²) in [6, 6.07) is 5.94. The molecule has 2 unspecified atom stereocenters. The highest BCUT2D eigenvalue weighted by Gasteiger charge is 2.34. The van der Waals surface area contributed by atoms with Crippen molar-refractivity contribution in [3.63, 3.8) is 0 Å². The summed E-state index contributed by atoms with van der Waals surface area (Å²) in [6.45, 7) is 1.95. The number of halogens is 3. The number of carbonyl (C=O) groups excluding carboxylic acids is 1. The minimum Gasteiger partial charge on any atom is -0.324 e. The van der Waals surface area contributed by atoms with Crippen molar-refractivity contribution in [2.45, 2.75) is 44.6 Å². The summed E-state index contributed by atoms with van der Waals surface area (Å²) in [5.74, 6) is 0.838. The summed E-state index contributed by atoms with van der Waals surface area (Å²) in [5.41, 5.74) is 0.522. The third-order valence-electron chi connectivity index (χ3n) is 4.96. The number of hydrogen-bond acceptors (Lipinski definition) is 2. The van der Waals surface area contributed by atoms with Crippen molar-refractivity contribution in [3.05, 3.63) is 28.2 Å². The number of nitrogens with one attached hydrogen (secondary N) is 1. The van der Waals surface area contributed by atoms with E-state index in [2.05, 4.69) is 10.2 Å². The van der Waals surface area contributed by atoms with Gasteiger partial charge in [-0.3, -0.25) is 9.69 Å². The lowest BCUT2D eigenvalue weighted by Gasteiger charge is -2.37. The largest absolute Gasteiger partial charge is 0.324 e. The predicted octanol–water partition coefficient (Wildman–Crippen LogP) is 5.01. The van der Waals surface area contributed by atoms with Gasteiger partial charge in [-0.25, -0.2) is 0 Å². The third kappa shape index (κ3) is 4.54. The van der Waals surface area contributed by atoms with E-state index in [0.717, 1.165) is 19.0 Å². The lowest BCUT2D eigenvalue weighted by molar-refractivity contribution is -0.116. The lowest BCUT2D eigenvalue weighted by Crippen LogP contribution is -2.43. The molecule has 0 spiro atoms. The fourth-order valence-corrected chi connectivity index (χ4v) is 4.39. The van der Waals surface area contributed by atoms with Gasteiger partial charge in [-0.2, -0.15) is 0 Å². The Morgan fingerprint density at radius 2 is 1.87 bits per heavy atom. The number of rotatable bonds is 4. The van der Waals surface area contributed by atoms with E-state index in [1.807, 2.05) is 0 Å². The number of amides is 1. The predicted molar refractivity (Wildman–Crippen MR) is 98.9 cm³/mol. The first kappa shape index (κ1) is 18.9. The molecule has 1 aliphatic heterocycles. The Balaban J connectivity index is 0.00000192. The normalized spacial score (nSPS) is 23.9. The molecule has 1 saturated carbocycles. The second-order valence-electron chi connectivity index (χ2n) is 6.33. The molecule has 0 bridgehead atoms. The molecule has 1 aliphatic carbocycles. The van der Waals surface area contributed by atoms with Crippen LogP contribution in [0.2, 0.25) is 10.0 Å². The number of piperidine rings is 1. The molecule has 1 heterocycles. The SMILES string of the molecule is Cl.O=C(CCN1CCCC2CCCC21)Nc1c(Cl)cccc1Cl. The van der Waals surface area contributed by atoms with Crippen molar-refractivity contribution >= 4 is 47.2 Å². The summed E-state index contributed by atoms with van der Waals surface area (Å²) >= 11 is 12.2. The van der Waals surface area contributed by atoms with Crippen LogP contribution in [0.25, 0.3) is 0 Å². The Kier molecular flexibility index (Phi) is 7.02. The topological polar surface area (TPSA) is 32.3 Å². The first-order valence-corrected chi connectivity index (χ1v) is 8.88. The Bertz CT molecular complexity index is 532. The Labute approximate surface area is 154 Å². The second kappa shape index (κ2) is 8.57. The van der Waals surface area contributed by atoms with E-state index in [1.165, 1.54) is 32.1 Å². The standard InChI is InChI=1S/C17H22Cl2N2O.ClH/c18-13-6-2-7-14(19)17(13)20-16(22)9-11-21-10-3-5-12-4-1-8-15(12)21;/h2,6-7,12,15H,1,3-5,8-11H2,(H,20,22);1H. The average Bonchev–Trinajstić information content (AvgIpc) is 2.98. The van der Waals surface area contributed by atoms with Crippen LogP contribution in [0.15, 0.2) is 18.2 Å². The second-order valence-corrected chi connectivity index (χ2v) is 7.15. The minimum absolute atomic E-state index is 0. The van der Waals surface area contributed by atoms with Gasteiger partial charge in [0.1, 0.15) is 0 Å². The molecule has 2 fully saturated rings. The maximum absolute atomic E-state index is 12.2. The number of carbonyl (C=O) groups is 1. The van der Waals surface area contributed by atoms with Gasteiger partial charge in [-0.15, -0.1) is 12.4 Å². The van der Waals surface area contributed by atoms with E-state index in [0.29, 0.717) is 28.2 Å². The molecule has 1 saturated heterocycles. The molecule has 3 nitrogen and oxygen atoms in total. The minimum atomic E-state index is -0.0184. The van der Waals surface area contributed by atoms with E-state index < -0.39 is 0 Å². The molecule has 1 N–H and O–H groups in total. The fourth-order valence-electron chi connectivity index (χ4n) is 3.90. The van der Waals surface area contributed by atoms with Crippen LogP contribution in [0.3, 0.4) is 0 Å². The van der Waals surface area contributed by atoms with Gasteiger partial charge < -0.3 is 5.32 Å². The molecule has 2 atom stereocenters. The van der Waals surface area contributed by atoms with Crippen LogP contribution >= 0.6 is 35.6 Å². The van der Waals surface area contributed by atoms with Crippen molar-refractivity contribution < 1.29 is 4.79 Å². The monoisotopic (exact) mass is 376 g/mol. The molecule has 3 rings (SSSR count). The molecule has 1 aromatic rings. The number of nitrogens with zero attached hydrogens (tertiary/aromatic N) is 1. The summed E-state index contributed by atoms with van der Waals surface area (Å²) in [5, 5.41) is 3.81. The molecule has 2 aliphatic rings. The Hall–Kier alpha value is -0.480. The van der Waals surface area contributed by atoms with Crippen LogP contribution < -0.4 is 5.32 Å². The zero-order chi connectivity index (χ0) is 15.5. The van der Waals surface area contributed by atoms with Gasteiger partial charge >= 0.3 is 0 Å². The van der Waals surface area contributed by atoms with Crippen molar-refractivity contribution in [2.75, 3.05) is 18.4 Å². The van der Waals surface area contributed by atoms with Gasteiger partial charge in [0.15, 0.2) is 0 Å². The van der Waals surface area contributed by atoms with Crippen molar-refractivity contribution in [3.8, 4) is 0 Å². The van der Waals surface area contributed by atoms with Crippen LogP contribution in [-0.2, 0) is 4.79 Å². The Morgan fingerprint density at radius 1 is 1.17 bits per heavy atom. The number of benzene rings is 1. The van der Waals surface area contributed by atoms with Gasteiger partial charge in [0, 0.05) is 19.0 Å². The van der Waals surface area contributed by atoms with Crippen molar-refractivity contribution in [1.82, 2.24) is 4.90 Å². The van der Waals surface area contributed by atoms with Crippen molar-refractivity contribution in [1.29, 1.82) is 0 Å². The molecule has 128 valence electrons. The molecular weight excluding hydrogens is 355 g/mol. The number of anilines is 1. The number of fused-ring (bicyclic) bond motifs is 1. The number of para-hydroxylation sites is 1. The summed E-state index contributed by atoms with van der Waals surface area (Å²) in [6.07, 6.45) is 7.12. The van der Waals surface area contributed by atoms with Gasteiger partial charge in [0.05, 0.1) is 15.7 Å². The molecule has 0 radical (unpaired) electrons. The van der Waals surface area contributed by atoms with Crippen LogP contribution in [0.1, 0.15) is 38.5 Å². The quantitative estimate of drug-likeness (QED) is 0.800. The van der Waals surface area contributed by atoms with E-state index in [1.54, 1.807) is 18.2 Å². The molecule has 0 aromatic heterocycles. The van der Waals surface area contributed by atoms with E-state index >= 15 is 0 Å². The molecular formula is C17H23Cl3N2O. The first-order chi connectivity index (χ1) is 10.6. The molecule has 1 aromatic carbocycles. The van der Waals surface area contributed by atoms with Gasteiger partial charge in [0.2, 0.25) is 5.91 Å². The fraction of sp³-hybridized carbons (Fsp3) is 0.588. The zero-order valence-electron chi connectivity index (χ0n) is 13.1. The van der Waals surface area contributed by atoms with Gasteiger partial charge in [-0.05, 0) is 50.3 Å². The summed E-state index contributed by atoms with van der Waals surface area (Å²) in [4.78, 5) is 14.7. The number of likely N-dealkylation sites (tertiary alicyclic amines) is 1.